The van der Waals surface area contributed by atoms with E-state index < -0.39 is 0 Å². The van der Waals surface area contributed by atoms with Crippen LogP contribution in [0.3, 0.4) is 0 Å². The molecule has 1 aromatic carbocycles. The molecule has 62 valence electrons. The fourth-order valence-corrected chi connectivity index (χ4v) is 1.80. The Morgan fingerprint density at radius 3 is 2.58 bits per heavy atom. The summed E-state index contributed by atoms with van der Waals surface area (Å²) in [4.78, 5) is 0. The van der Waals surface area contributed by atoms with E-state index in [0.717, 1.165) is 5.70 Å². The van der Waals surface area contributed by atoms with Gasteiger partial charge in [-0.2, -0.15) is 0 Å². The van der Waals surface area contributed by atoms with Crippen LogP contribution in [0.25, 0.3) is 5.70 Å². The summed E-state index contributed by atoms with van der Waals surface area (Å²) in [7, 11) is 0. The minimum Gasteiger partial charge on any atom is -0.376 e. The fourth-order valence-electron chi connectivity index (χ4n) is 1.80. The second kappa shape index (κ2) is 2.13. The second-order valence-corrected chi connectivity index (χ2v) is 3.77. The zero-order valence-electron chi connectivity index (χ0n) is 7.52. The number of hydrogen-bond donors (Lipinski definition) is 1. The average Bonchev–Trinajstić information content (AvgIpc) is 2.25. The molecule has 0 saturated carbocycles. The van der Waals surface area contributed by atoms with E-state index in [1.807, 2.05) is 6.07 Å². The van der Waals surface area contributed by atoms with Crippen molar-refractivity contribution in [3.8, 4) is 0 Å². The molecular formula is C11H13N. The quantitative estimate of drug-likeness (QED) is 0.613. The lowest BCUT2D eigenvalue weighted by molar-refractivity contribution is 0.499. The molecule has 1 nitrogen and oxygen atoms in total. The Labute approximate surface area is 73.1 Å². The first-order valence-electron chi connectivity index (χ1n) is 4.18. The topological polar surface area (TPSA) is 12.0 Å². The third-order valence-corrected chi connectivity index (χ3v) is 2.39. The van der Waals surface area contributed by atoms with Crippen LogP contribution in [-0.2, 0) is 5.54 Å². The predicted molar refractivity (Wildman–Crippen MR) is 51.6 cm³/mol. The van der Waals surface area contributed by atoms with Gasteiger partial charge in [0.1, 0.15) is 0 Å². The fraction of sp³-hybridized carbons (Fsp3) is 0.273. The van der Waals surface area contributed by atoms with E-state index in [9.17, 15) is 0 Å². The van der Waals surface area contributed by atoms with Gasteiger partial charge in [-0.25, -0.2) is 0 Å². The van der Waals surface area contributed by atoms with Crippen LogP contribution in [-0.4, -0.2) is 0 Å². The molecule has 0 fully saturated rings. The Hall–Kier alpha value is -1.24. The van der Waals surface area contributed by atoms with Gasteiger partial charge in [-0.1, -0.05) is 30.8 Å². The molecule has 1 heterocycles. The molecule has 0 aliphatic carbocycles. The molecule has 0 bridgehead atoms. The second-order valence-electron chi connectivity index (χ2n) is 3.77. The zero-order chi connectivity index (χ0) is 8.77. The van der Waals surface area contributed by atoms with Crippen molar-refractivity contribution < 1.29 is 0 Å². The standard InChI is InChI=1S/C11H13N/c1-8-9-6-4-5-7-10(9)11(2,3)12-8/h4-7,12H,1H2,2-3H3. The van der Waals surface area contributed by atoms with E-state index in [-0.39, 0.29) is 5.54 Å². The van der Waals surface area contributed by atoms with Crippen LogP contribution >= 0.6 is 0 Å². The van der Waals surface area contributed by atoms with Gasteiger partial charge in [-0.15, -0.1) is 0 Å². The Bertz CT molecular complexity index is 337. The molecule has 0 spiro atoms. The van der Waals surface area contributed by atoms with Gasteiger partial charge in [0.15, 0.2) is 0 Å². The number of hydrogen-bond acceptors (Lipinski definition) is 1. The molecule has 1 aromatic rings. The lowest BCUT2D eigenvalue weighted by atomic mass is 9.95. The summed E-state index contributed by atoms with van der Waals surface area (Å²) in [5.41, 5.74) is 3.68. The van der Waals surface area contributed by atoms with Gasteiger partial charge in [-0.3, -0.25) is 0 Å². The summed E-state index contributed by atoms with van der Waals surface area (Å²) in [5, 5.41) is 3.36. The van der Waals surface area contributed by atoms with E-state index in [4.69, 9.17) is 0 Å². The third-order valence-electron chi connectivity index (χ3n) is 2.39. The summed E-state index contributed by atoms with van der Waals surface area (Å²) in [5.74, 6) is 0. The highest BCUT2D eigenvalue weighted by Gasteiger charge is 2.30. The van der Waals surface area contributed by atoms with Gasteiger partial charge in [-0.05, 0) is 19.4 Å². The van der Waals surface area contributed by atoms with Crippen LogP contribution in [0, 0.1) is 0 Å². The summed E-state index contributed by atoms with van der Waals surface area (Å²) >= 11 is 0. The Morgan fingerprint density at radius 2 is 1.92 bits per heavy atom. The molecule has 0 atom stereocenters. The maximum Gasteiger partial charge on any atom is 0.0575 e. The minimum atomic E-state index is 0.0493. The first-order valence-corrected chi connectivity index (χ1v) is 4.18. The van der Waals surface area contributed by atoms with Crippen molar-refractivity contribution in [1.82, 2.24) is 5.32 Å². The first kappa shape index (κ1) is 7.41. The highest BCUT2D eigenvalue weighted by Crippen LogP contribution is 2.34. The number of nitrogens with one attached hydrogen (secondary N) is 1. The Morgan fingerprint density at radius 1 is 1.25 bits per heavy atom. The van der Waals surface area contributed by atoms with Crippen molar-refractivity contribution in [3.63, 3.8) is 0 Å². The van der Waals surface area contributed by atoms with Crippen molar-refractivity contribution in [2.45, 2.75) is 19.4 Å². The number of fused-ring (bicyclic) bond motifs is 1. The van der Waals surface area contributed by atoms with Crippen molar-refractivity contribution in [2.24, 2.45) is 0 Å². The van der Waals surface area contributed by atoms with Gasteiger partial charge in [0, 0.05) is 11.3 Å². The summed E-state index contributed by atoms with van der Waals surface area (Å²) < 4.78 is 0. The molecule has 2 rings (SSSR count). The summed E-state index contributed by atoms with van der Waals surface area (Å²) in [6, 6.07) is 8.38. The van der Waals surface area contributed by atoms with Crippen molar-refractivity contribution >= 4 is 5.70 Å². The maximum atomic E-state index is 3.98. The predicted octanol–water partition coefficient (Wildman–Crippen LogP) is 2.50. The largest absolute Gasteiger partial charge is 0.376 e. The smallest absolute Gasteiger partial charge is 0.0575 e. The molecule has 1 heteroatoms. The maximum absolute atomic E-state index is 3.98. The molecular weight excluding hydrogens is 146 g/mol. The van der Waals surface area contributed by atoms with Gasteiger partial charge in [0.05, 0.1) is 5.54 Å². The lowest BCUT2D eigenvalue weighted by Gasteiger charge is -2.19. The SMILES string of the molecule is C=C1NC(C)(C)c2ccccc21. The average molecular weight is 159 g/mol. The van der Waals surface area contributed by atoms with Crippen LogP contribution in [0.2, 0.25) is 0 Å². The summed E-state index contributed by atoms with van der Waals surface area (Å²) in [6.07, 6.45) is 0. The van der Waals surface area contributed by atoms with Crippen LogP contribution in [0.1, 0.15) is 25.0 Å². The molecule has 0 radical (unpaired) electrons. The van der Waals surface area contributed by atoms with E-state index in [1.165, 1.54) is 11.1 Å². The van der Waals surface area contributed by atoms with Crippen molar-refractivity contribution in [2.75, 3.05) is 0 Å². The lowest BCUT2D eigenvalue weighted by Crippen LogP contribution is -2.28. The van der Waals surface area contributed by atoms with E-state index in [0.29, 0.717) is 0 Å². The molecule has 0 unspecified atom stereocenters. The molecule has 12 heavy (non-hydrogen) atoms. The monoisotopic (exact) mass is 159 g/mol. The van der Waals surface area contributed by atoms with Crippen LogP contribution < -0.4 is 5.32 Å². The van der Waals surface area contributed by atoms with Gasteiger partial charge in [0.2, 0.25) is 0 Å². The Kier molecular flexibility index (Phi) is 1.31. The van der Waals surface area contributed by atoms with Gasteiger partial charge >= 0.3 is 0 Å². The van der Waals surface area contributed by atoms with Crippen LogP contribution in [0.15, 0.2) is 30.8 Å². The number of benzene rings is 1. The normalized spacial score (nSPS) is 18.7. The van der Waals surface area contributed by atoms with E-state index in [2.05, 4.69) is 43.9 Å². The zero-order valence-corrected chi connectivity index (χ0v) is 7.52. The molecule has 0 aromatic heterocycles. The van der Waals surface area contributed by atoms with Crippen LogP contribution in [0.5, 0.6) is 0 Å². The van der Waals surface area contributed by atoms with Crippen LogP contribution in [0.4, 0.5) is 0 Å². The first-order chi connectivity index (χ1) is 5.61. The van der Waals surface area contributed by atoms with Gasteiger partial charge in [0.25, 0.3) is 0 Å². The molecule has 1 N–H and O–H groups in total. The summed E-state index contributed by atoms with van der Waals surface area (Å²) in [6.45, 7) is 8.32. The molecule has 1 aliphatic rings. The highest BCUT2D eigenvalue weighted by atomic mass is 15.0. The van der Waals surface area contributed by atoms with Crippen molar-refractivity contribution in [1.29, 1.82) is 0 Å². The van der Waals surface area contributed by atoms with Gasteiger partial charge < -0.3 is 5.32 Å². The third kappa shape index (κ3) is 0.860. The van der Waals surface area contributed by atoms with E-state index >= 15 is 0 Å². The molecule has 1 aliphatic heterocycles. The molecule has 0 saturated heterocycles. The van der Waals surface area contributed by atoms with Crippen molar-refractivity contribution in [3.05, 3.63) is 42.0 Å². The number of rotatable bonds is 0. The van der Waals surface area contributed by atoms with E-state index in [1.54, 1.807) is 0 Å². The minimum absolute atomic E-state index is 0.0493. The Balaban J connectivity index is 2.66. The highest BCUT2D eigenvalue weighted by molar-refractivity contribution is 5.71. The molecule has 0 amide bonds.